The lowest BCUT2D eigenvalue weighted by Crippen LogP contribution is -2.45. The number of aromatic nitrogens is 2. The van der Waals surface area contributed by atoms with E-state index in [1.807, 2.05) is 6.92 Å². The third-order valence-electron chi connectivity index (χ3n) is 4.61. The molecule has 9 heteroatoms. The summed E-state index contributed by atoms with van der Waals surface area (Å²) in [4.78, 5) is 43.3. The van der Waals surface area contributed by atoms with E-state index in [2.05, 4.69) is 15.6 Å². The fourth-order valence-corrected chi connectivity index (χ4v) is 5.29. The van der Waals surface area contributed by atoms with E-state index in [1.54, 1.807) is 25.3 Å². The molecular formula is C18H24N4O3S2. The molecule has 0 saturated carbocycles. The van der Waals surface area contributed by atoms with Crippen molar-refractivity contribution in [2.24, 2.45) is 7.05 Å². The summed E-state index contributed by atoms with van der Waals surface area (Å²) in [5.41, 5.74) is 1.12. The summed E-state index contributed by atoms with van der Waals surface area (Å²) in [5, 5.41) is 6.60. The molecule has 146 valence electrons. The maximum absolute atomic E-state index is 12.8. The Labute approximate surface area is 165 Å². The third kappa shape index (κ3) is 4.19. The summed E-state index contributed by atoms with van der Waals surface area (Å²) < 4.78 is 1.52. The number of carbonyl (C=O) groups is 2. The summed E-state index contributed by atoms with van der Waals surface area (Å²) in [5.74, 6) is -0.383. The molecule has 2 heterocycles. The number of rotatable bonds is 6. The molecule has 1 aliphatic rings. The maximum atomic E-state index is 12.8. The predicted octanol–water partition coefficient (Wildman–Crippen LogP) is 1.61. The Morgan fingerprint density at radius 1 is 1.33 bits per heavy atom. The zero-order valence-electron chi connectivity index (χ0n) is 15.8. The van der Waals surface area contributed by atoms with Gasteiger partial charge in [-0.25, -0.2) is 4.98 Å². The van der Waals surface area contributed by atoms with Crippen molar-refractivity contribution < 1.29 is 9.59 Å². The average Bonchev–Trinajstić information content (AvgIpc) is 3.02. The number of thioether (sulfide) groups is 1. The van der Waals surface area contributed by atoms with Crippen molar-refractivity contribution >= 4 is 45.1 Å². The molecular weight excluding hydrogens is 384 g/mol. The molecule has 0 aromatic carbocycles. The van der Waals surface area contributed by atoms with Gasteiger partial charge in [-0.05, 0) is 45.1 Å². The van der Waals surface area contributed by atoms with Crippen molar-refractivity contribution in [1.82, 2.24) is 20.2 Å². The first-order valence-electron chi connectivity index (χ1n) is 9.13. The lowest BCUT2D eigenvalue weighted by atomic mass is 9.97. The molecule has 2 aromatic rings. The molecule has 0 radical (unpaired) electrons. The highest BCUT2D eigenvalue weighted by atomic mass is 32.2. The molecule has 1 atom stereocenters. The number of amides is 2. The minimum Gasteiger partial charge on any atom is -0.355 e. The number of aryl methyl sites for hydroxylation is 2. The number of nitrogens with one attached hydrogen (secondary N) is 2. The summed E-state index contributed by atoms with van der Waals surface area (Å²) >= 11 is 2.81. The highest BCUT2D eigenvalue weighted by Gasteiger charge is 2.22. The van der Waals surface area contributed by atoms with Crippen LogP contribution in [0.3, 0.4) is 0 Å². The van der Waals surface area contributed by atoms with E-state index >= 15 is 0 Å². The van der Waals surface area contributed by atoms with Crippen molar-refractivity contribution in [3.05, 3.63) is 20.8 Å². The van der Waals surface area contributed by atoms with E-state index in [-0.39, 0.29) is 23.1 Å². The van der Waals surface area contributed by atoms with E-state index in [0.717, 1.165) is 35.9 Å². The molecule has 2 amide bonds. The predicted molar refractivity (Wildman–Crippen MR) is 109 cm³/mol. The molecule has 0 fully saturated rings. The Bertz CT molecular complexity index is 935. The van der Waals surface area contributed by atoms with Crippen LogP contribution in [-0.2, 0) is 29.5 Å². The minimum atomic E-state index is -0.596. The number of carbonyl (C=O) groups excluding carboxylic acids is 2. The van der Waals surface area contributed by atoms with Crippen LogP contribution < -0.4 is 16.2 Å². The third-order valence-corrected chi connectivity index (χ3v) is 6.83. The fraction of sp³-hybridized carbons (Fsp3) is 0.556. The van der Waals surface area contributed by atoms with Gasteiger partial charge in [-0.3, -0.25) is 19.0 Å². The zero-order chi connectivity index (χ0) is 19.6. The molecule has 0 aliphatic heterocycles. The van der Waals surface area contributed by atoms with Gasteiger partial charge in [0.2, 0.25) is 11.8 Å². The van der Waals surface area contributed by atoms with Gasteiger partial charge in [-0.2, -0.15) is 0 Å². The van der Waals surface area contributed by atoms with Crippen LogP contribution in [0.1, 0.15) is 37.1 Å². The topological polar surface area (TPSA) is 93.1 Å². The number of fused-ring (bicyclic) bond motifs is 3. The molecule has 3 rings (SSSR count). The molecule has 0 saturated heterocycles. The first kappa shape index (κ1) is 19.9. The summed E-state index contributed by atoms with van der Waals surface area (Å²) in [7, 11) is 1.69. The molecule has 2 N–H and O–H groups in total. The van der Waals surface area contributed by atoms with Gasteiger partial charge < -0.3 is 10.6 Å². The second-order valence-corrected chi connectivity index (χ2v) is 8.65. The van der Waals surface area contributed by atoms with Crippen LogP contribution in [0.15, 0.2) is 9.95 Å². The Morgan fingerprint density at radius 3 is 2.81 bits per heavy atom. The summed E-state index contributed by atoms with van der Waals surface area (Å²) in [6.45, 7) is 3.99. The Hall–Kier alpha value is -1.87. The molecule has 0 bridgehead atoms. The number of thiophene rings is 1. The Balaban J connectivity index is 1.74. The van der Waals surface area contributed by atoms with Gasteiger partial charge in [-0.15, -0.1) is 11.3 Å². The van der Waals surface area contributed by atoms with Crippen LogP contribution in [0.2, 0.25) is 0 Å². The van der Waals surface area contributed by atoms with Gasteiger partial charge in [0.15, 0.2) is 5.16 Å². The van der Waals surface area contributed by atoms with Gasteiger partial charge in [0.1, 0.15) is 10.9 Å². The van der Waals surface area contributed by atoms with Crippen LogP contribution in [0.4, 0.5) is 0 Å². The highest BCUT2D eigenvalue weighted by Crippen LogP contribution is 2.34. The number of hydrogen-bond acceptors (Lipinski definition) is 6. The SMILES string of the molecule is CCNC(=O)[C@@H](C)NC(=O)CSc1nc2sc3c(c2c(=O)n1C)CCCC3. The van der Waals surface area contributed by atoms with Gasteiger partial charge in [0.05, 0.1) is 11.1 Å². The highest BCUT2D eigenvalue weighted by molar-refractivity contribution is 7.99. The maximum Gasteiger partial charge on any atom is 0.262 e. The summed E-state index contributed by atoms with van der Waals surface area (Å²) in [6, 6.07) is -0.596. The minimum absolute atomic E-state index is 0.0435. The molecule has 0 unspecified atom stereocenters. The summed E-state index contributed by atoms with van der Waals surface area (Å²) in [6.07, 6.45) is 4.23. The quantitative estimate of drug-likeness (QED) is 0.560. The molecule has 2 aromatic heterocycles. The smallest absolute Gasteiger partial charge is 0.262 e. The van der Waals surface area contributed by atoms with E-state index in [0.29, 0.717) is 11.7 Å². The second-order valence-electron chi connectivity index (χ2n) is 6.62. The van der Waals surface area contributed by atoms with Gasteiger partial charge in [0.25, 0.3) is 5.56 Å². The van der Waals surface area contributed by atoms with Crippen LogP contribution in [0.5, 0.6) is 0 Å². The van der Waals surface area contributed by atoms with Crippen LogP contribution in [0, 0.1) is 0 Å². The van der Waals surface area contributed by atoms with Crippen molar-refractivity contribution in [2.45, 2.75) is 50.7 Å². The average molecular weight is 409 g/mol. The Morgan fingerprint density at radius 2 is 2.07 bits per heavy atom. The van der Waals surface area contributed by atoms with Crippen molar-refractivity contribution in [3.8, 4) is 0 Å². The number of nitrogens with zero attached hydrogens (tertiary/aromatic N) is 2. The first-order valence-corrected chi connectivity index (χ1v) is 10.9. The molecule has 1 aliphatic carbocycles. The molecule has 27 heavy (non-hydrogen) atoms. The normalized spacial score (nSPS) is 14.6. The van der Waals surface area contributed by atoms with Crippen LogP contribution >= 0.6 is 23.1 Å². The van der Waals surface area contributed by atoms with E-state index in [9.17, 15) is 14.4 Å². The van der Waals surface area contributed by atoms with Crippen molar-refractivity contribution in [3.63, 3.8) is 0 Å². The van der Waals surface area contributed by atoms with Gasteiger partial charge in [0, 0.05) is 18.5 Å². The lowest BCUT2D eigenvalue weighted by molar-refractivity contribution is -0.127. The fourth-order valence-electron chi connectivity index (χ4n) is 3.20. The number of likely N-dealkylation sites (N-methyl/N-ethyl adjacent to an activating group) is 1. The van der Waals surface area contributed by atoms with Crippen molar-refractivity contribution in [1.29, 1.82) is 0 Å². The Kier molecular flexibility index (Phi) is 6.21. The van der Waals surface area contributed by atoms with Gasteiger partial charge >= 0.3 is 0 Å². The standard InChI is InChI=1S/C18H24N4O3S2/c1-4-19-15(24)10(2)20-13(23)9-26-18-21-16-14(17(25)22(18)3)11-7-5-6-8-12(11)27-16/h10H,4-9H2,1-3H3,(H,19,24)(H,20,23)/t10-/m1/s1. The van der Waals surface area contributed by atoms with Crippen LogP contribution in [0.25, 0.3) is 10.2 Å². The first-order chi connectivity index (χ1) is 12.9. The van der Waals surface area contributed by atoms with E-state index in [4.69, 9.17) is 0 Å². The van der Waals surface area contributed by atoms with Crippen LogP contribution in [-0.4, -0.2) is 39.7 Å². The number of hydrogen-bond donors (Lipinski definition) is 2. The van der Waals surface area contributed by atoms with E-state index in [1.165, 1.54) is 26.8 Å². The molecule has 7 nitrogen and oxygen atoms in total. The molecule has 0 spiro atoms. The van der Waals surface area contributed by atoms with Gasteiger partial charge in [-0.1, -0.05) is 11.8 Å². The lowest BCUT2D eigenvalue weighted by Gasteiger charge is -2.13. The largest absolute Gasteiger partial charge is 0.355 e. The van der Waals surface area contributed by atoms with E-state index < -0.39 is 6.04 Å². The second kappa shape index (κ2) is 8.43. The monoisotopic (exact) mass is 408 g/mol. The zero-order valence-corrected chi connectivity index (χ0v) is 17.4. The van der Waals surface area contributed by atoms with Crippen molar-refractivity contribution in [2.75, 3.05) is 12.3 Å².